The van der Waals surface area contributed by atoms with Crippen LogP contribution in [-0.4, -0.2) is 51.0 Å². The molecule has 1 amide bonds. The highest BCUT2D eigenvalue weighted by Crippen LogP contribution is 2.61. The Bertz CT molecular complexity index is 888. The van der Waals surface area contributed by atoms with Gasteiger partial charge in [-0.05, 0) is 86.8 Å². The fourth-order valence-electron chi connectivity index (χ4n) is 6.87. The summed E-state index contributed by atoms with van der Waals surface area (Å²) in [4.78, 5) is 13.2. The van der Waals surface area contributed by atoms with E-state index in [4.69, 9.17) is 4.74 Å². The number of nitrogens with one attached hydrogen (secondary N) is 1. The van der Waals surface area contributed by atoms with E-state index in [1.165, 1.54) is 48.9 Å². The molecule has 164 valence electrons. The topological polar surface area (TPSA) is 75.7 Å². The first-order chi connectivity index (χ1) is 14.4. The Morgan fingerprint density at radius 3 is 2.30 bits per heavy atom. The first kappa shape index (κ1) is 20.5. The van der Waals surface area contributed by atoms with Crippen LogP contribution in [0.4, 0.5) is 0 Å². The van der Waals surface area contributed by atoms with Gasteiger partial charge in [-0.3, -0.25) is 4.79 Å². The van der Waals surface area contributed by atoms with Crippen molar-refractivity contribution >= 4 is 15.9 Å². The smallest absolute Gasteiger partial charge is 0.251 e. The van der Waals surface area contributed by atoms with Crippen molar-refractivity contribution in [1.29, 1.82) is 0 Å². The Hall–Kier alpha value is -1.44. The minimum atomic E-state index is -3.61. The van der Waals surface area contributed by atoms with E-state index in [0.29, 0.717) is 31.9 Å². The van der Waals surface area contributed by atoms with Crippen LogP contribution in [0, 0.1) is 23.2 Å². The Kier molecular flexibility index (Phi) is 5.19. The summed E-state index contributed by atoms with van der Waals surface area (Å²) in [5.74, 6) is 2.32. The standard InChI is InChI=1S/C23H32N2O4S/c1-16(23-13-17-9-18(14-23)11-19(10-17)15-23)24-22(26)20-3-2-4-21(12-20)30(27,28)25-5-7-29-8-6-25/h2-4,12,16-19H,5-11,13-15H2,1H3,(H,24,26)/t16-,17?,18?,19?,23?/m0/s1. The molecule has 30 heavy (non-hydrogen) atoms. The van der Waals surface area contributed by atoms with Crippen LogP contribution in [0.25, 0.3) is 0 Å². The number of amides is 1. The minimum absolute atomic E-state index is 0.109. The largest absolute Gasteiger partial charge is 0.379 e. The van der Waals surface area contributed by atoms with Crippen molar-refractivity contribution in [2.75, 3.05) is 26.3 Å². The number of rotatable bonds is 5. The van der Waals surface area contributed by atoms with E-state index in [1.54, 1.807) is 18.2 Å². The van der Waals surface area contributed by atoms with E-state index < -0.39 is 10.0 Å². The fourth-order valence-corrected chi connectivity index (χ4v) is 8.33. The number of ether oxygens (including phenoxy) is 1. The van der Waals surface area contributed by atoms with Gasteiger partial charge in [-0.25, -0.2) is 8.42 Å². The summed E-state index contributed by atoms with van der Waals surface area (Å²) >= 11 is 0. The molecule has 1 aromatic carbocycles. The lowest BCUT2D eigenvalue weighted by Gasteiger charge is -2.59. The maximum Gasteiger partial charge on any atom is 0.251 e. The van der Waals surface area contributed by atoms with Gasteiger partial charge in [-0.1, -0.05) is 6.07 Å². The van der Waals surface area contributed by atoms with E-state index in [-0.39, 0.29) is 22.3 Å². The van der Waals surface area contributed by atoms with Gasteiger partial charge >= 0.3 is 0 Å². The number of sulfonamides is 1. The second kappa shape index (κ2) is 7.61. The summed E-state index contributed by atoms with van der Waals surface area (Å²) in [6.07, 6.45) is 7.81. The predicted molar refractivity (Wildman–Crippen MR) is 114 cm³/mol. The molecule has 5 fully saturated rings. The molecule has 0 spiro atoms. The lowest BCUT2D eigenvalue weighted by atomic mass is 9.48. The third-order valence-electron chi connectivity index (χ3n) is 8.06. The number of morpholine rings is 1. The van der Waals surface area contributed by atoms with E-state index >= 15 is 0 Å². The lowest BCUT2D eigenvalue weighted by Crippen LogP contribution is -2.55. The van der Waals surface area contributed by atoms with Crippen LogP contribution in [0.5, 0.6) is 0 Å². The molecule has 4 saturated carbocycles. The van der Waals surface area contributed by atoms with Crippen LogP contribution in [0.1, 0.15) is 55.8 Å². The molecule has 0 unspecified atom stereocenters. The van der Waals surface area contributed by atoms with E-state index in [0.717, 1.165) is 17.8 Å². The van der Waals surface area contributed by atoms with Crippen molar-refractivity contribution in [3.05, 3.63) is 29.8 Å². The van der Waals surface area contributed by atoms with Crippen molar-refractivity contribution in [2.45, 2.75) is 56.4 Å². The summed E-state index contributed by atoms with van der Waals surface area (Å²) in [7, 11) is -3.61. The maximum atomic E-state index is 13.1. The van der Waals surface area contributed by atoms with Crippen LogP contribution in [0.2, 0.25) is 0 Å². The summed E-state index contributed by atoms with van der Waals surface area (Å²) in [5.41, 5.74) is 0.642. The molecule has 1 heterocycles. The molecular weight excluding hydrogens is 400 g/mol. The van der Waals surface area contributed by atoms with Crippen LogP contribution in [0.3, 0.4) is 0 Å². The molecule has 1 atom stereocenters. The molecule has 4 bridgehead atoms. The molecule has 0 aromatic heterocycles. The Labute approximate surface area is 179 Å². The number of carbonyl (C=O) groups excluding carboxylic acids is 1. The first-order valence-electron chi connectivity index (χ1n) is 11.3. The number of benzene rings is 1. The molecule has 1 aromatic rings. The van der Waals surface area contributed by atoms with Gasteiger partial charge in [-0.2, -0.15) is 4.31 Å². The SMILES string of the molecule is C[C@H](NC(=O)c1cccc(S(=O)(=O)N2CCOCC2)c1)C12CC3CC(CC(C3)C1)C2. The van der Waals surface area contributed by atoms with Crippen molar-refractivity contribution in [2.24, 2.45) is 23.2 Å². The number of hydrogen-bond acceptors (Lipinski definition) is 4. The lowest BCUT2D eigenvalue weighted by molar-refractivity contribution is -0.0688. The summed E-state index contributed by atoms with van der Waals surface area (Å²) in [5, 5.41) is 3.24. The molecule has 1 aliphatic heterocycles. The molecular formula is C23H32N2O4S. The second-order valence-electron chi connectivity index (χ2n) is 10.0. The van der Waals surface area contributed by atoms with Crippen LogP contribution >= 0.6 is 0 Å². The second-order valence-corrected chi connectivity index (χ2v) is 12.0. The van der Waals surface area contributed by atoms with Gasteiger partial charge in [-0.15, -0.1) is 0 Å². The molecule has 7 heteroatoms. The molecule has 5 aliphatic rings. The van der Waals surface area contributed by atoms with Crippen molar-refractivity contribution < 1.29 is 17.9 Å². The van der Waals surface area contributed by atoms with Gasteiger partial charge in [0, 0.05) is 24.7 Å². The van der Waals surface area contributed by atoms with E-state index in [1.807, 2.05) is 0 Å². The third kappa shape index (κ3) is 3.59. The average Bonchev–Trinajstić information content (AvgIpc) is 2.73. The van der Waals surface area contributed by atoms with Crippen LogP contribution in [0.15, 0.2) is 29.2 Å². The van der Waals surface area contributed by atoms with Gasteiger partial charge in [0.25, 0.3) is 5.91 Å². The van der Waals surface area contributed by atoms with Gasteiger partial charge < -0.3 is 10.1 Å². The summed E-state index contributed by atoms with van der Waals surface area (Å²) in [6.45, 7) is 3.66. The Morgan fingerprint density at radius 2 is 1.70 bits per heavy atom. The summed E-state index contributed by atoms with van der Waals surface area (Å²) < 4.78 is 32.6. The average molecular weight is 433 g/mol. The zero-order valence-electron chi connectivity index (χ0n) is 17.7. The maximum absolute atomic E-state index is 13.1. The van der Waals surface area contributed by atoms with E-state index in [2.05, 4.69) is 12.2 Å². The highest BCUT2D eigenvalue weighted by atomic mass is 32.2. The van der Waals surface area contributed by atoms with Crippen LogP contribution < -0.4 is 5.32 Å². The summed E-state index contributed by atoms with van der Waals surface area (Å²) in [6, 6.07) is 6.58. The Balaban J connectivity index is 1.31. The highest BCUT2D eigenvalue weighted by molar-refractivity contribution is 7.89. The third-order valence-corrected chi connectivity index (χ3v) is 9.95. The Morgan fingerprint density at radius 1 is 1.10 bits per heavy atom. The van der Waals surface area contributed by atoms with Gasteiger partial charge in [0.1, 0.15) is 0 Å². The highest BCUT2D eigenvalue weighted by Gasteiger charge is 2.53. The van der Waals surface area contributed by atoms with Gasteiger partial charge in [0.2, 0.25) is 10.0 Å². The first-order valence-corrected chi connectivity index (χ1v) is 12.8. The molecule has 6 rings (SSSR count). The molecule has 4 aliphatic carbocycles. The number of carbonyl (C=O) groups is 1. The van der Waals surface area contributed by atoms with Gasteiger partial charge in [0.15, 0.2) is 0 Å². The predicted octanol–water partition coefficient (Wildman–Crippen LogP) is 3.04. The fraction of sp³-hybridized carbons (Fsp3) is 0.696. The van der Waals surface area contributed by atoms with Crippen molar-refractivity contribution in [1.82, 2.24) is 9.62 Å². The number of nitrogens with zero attached hydrogens (tertiary/aromatic N) is 1. The van der Waals surface area contributed by atoms with Gasteiger partial charge in [0.05, 0.1) is 18.1 Å². The quantitative estimate of drug-likeness (QED) is 0.776. The normalized spacial score (nSPS) is 34.6. The van der Waals surface area contributed by atoms with Crippen molar-refractivity contribution in [3.8, 4) is 0 Å². The van der Waals surface area contributed by atoms with Crippen molar-refractivity contribution in [3.63, 3.8) is 0 Å². The zero-order chi connectivity index (χ0) is 20.9. The zero-order valence-corrected chi connectivity index (χ0v) is 18.5. The monoisotopic (exact) mass is 432 g/mol. The number of hydrogen-bond donors (Lipinski definition) is 1. The van der Waals surface area contributed by atoms with Crippen LogP contribution in [-0.2, 0) is 14.8 Å². The minimum Gasteiger partial charge on any atom is -0.379 e. The molecule has 1 N–H and O–H groups in total. The molecule has 6 nitrogen and oxygen atoms in total. The molecule has 1 saturated heterocycles. The molecule has 0 radical (unpaired) electrons. The van der Waals surface area contributed by atoms with E-state index in [9.17, 15) is 13.2 Å².